The number of carbonyl (C=O) groups excluding carboxylic acids is 1. The number of nitrogen functional groups attached to an aromatic ring is 1. The first-order valence-electron chi connectivity index (χ1n) is 12.1. The van der Waals surface area contributed by atoms with Crippen LogP contribution in [0, 0.1) is 5.82 Å². The molecule has 0 spiro atoms. The van der Waals surface area contributed by atoms with E-state index in [0.717, 1.165) is 31.9 Å². The summed E-state index contributed by atoms with van der Waals surface area (Å²) in [5.74, 6) is -0.358. The number of benzene rings is 1. The number of rotatable bonds is 9. The quantitative estimate of drug-likeness (QED) is 0.259. The van der Waals surface area contributed by atoms with Gasteiger partial charge in [0.1, 0.15) is 12.2 Å². The Kier molecular flexibility index (Phi) is 8.43. The third kappa shape index (κ3) is 6.96. The molecule has 4 rings (SSSR count). The molecule has 3 heterocycles. The molecule has 1 aromatic carbocycles. The second kappa shape index (κ2) is 11.7. The zero-order valence-corrected chi connectivity index (χ0v) is 22.7. The van der Waals surface area contributed by atoms with Gasteiger partial charge in [-0.05, 0) is 56.7 Å². The second-order valence-electron chi connectivity index (χ2n) is 9.72. The summed E-state index contributed by atoms with van der Waals surface area (Å²) in [6.07, 6.45) is 3.06. The summed E-state index contributed by atoms with van der Waals surface area (Å²) in [6.45, 7) is 6.85. The lowest BCUT2D eigenvalue weighted by atomic mass is 10.2. The number of pyridine rings is 2. The van der Waals surface area contributed by atoms with Crippen molar-refractivity contribution in [1.29, 1.82) is 0 Å². The third-order valence-corrected chi connectivity index (χ3v) is 6.72. The zero-order chi connectivity index (χ0) is 27.3. The molecule has 0 aliphatic rings. The Morgan fingerprint density at radius 2 is 1.95 bits per heavy atom. The topological polar surface area (TPSA) is 99.8 Å². The van der Waals surface area contributed by atoms with Crippen molar-refractivity contribution in [3.05, 3.63) is 71.8 Å². The number of aromatic nitrogens is 2. The largest absolute Gasteiger partial charge is 0.486 e. The lowest BCUT2D eigenvalue weighted by molar-refractivity contribution is 0.0184. The Hall–Kier alpha value is -3.76. The maximum absolute atomic E-state index is 14.1. The molecule has 0 aliphatic carbocycles. The average molecular weight is 539 g/mol. The Balaban J connectivity index is 1.49. The van der Waals surface area contributed by atoms with Crippen LogP contribution in [0.4, 0.5) is 14.9 Å². The van der Waals surface area contributed by atoms with Crippen LogP contribution in [-0.4, -0.2) is 46.8 Å². The van der Waals surface area contributed by atoms with Crippen LogP contribution in [0.15, 0.2) is 54.9 Å². The number of nitrogens with two attached hydrogens (primary N) is 1. The standard InChI is InChI=1S/C28H31FN4O4S/c1-28(2,3)37-27(34)33(11-12-35-4)16-18-5-7-22(32-15-18)25-14-23-26(38-25)19(9-10-31-23)17-36-24-8-6-20(30)13-21(24)29/h5-10,13-15H,11-12,16-17,30H2,1-4H3. The van der Waals surface area contributed by atoms with Crippen LogP contribution in [0.2, 0.25) is 0 Å². The molecule has 3 aromatic heterocycles. The smallest absolute Gasteiger partial charge is 0.410 e. The lowest BCUT2D eigenvalue weighted by Crippen LogP contribution is -2.38. The number of ether oxygens (including phenoxy) is 3. The van der Waals surface area contributed by atoms with Crippen molar-refractivity contribution in [2.75, 3.05) is 26.0 Å². The zero-order valence-electron chi connectivity index (χ0n) is 21.9. The van der Waals surface area contributed by atoms with Gasteiger partial charge in [0, 0.05) is 43.4 Å². The molecule has 0 saturated heterocycles. The van der Waals surface area contributed by atoms with E-state index < -0.39 is 17.5 Å². The maximum atomic E-state index is 14.1. The van der Waals surface area contributed by atoms with E-state index >= 15 is 0 Å². The summed E-state index contributed by atoms with van der Waals surface area (Å²) in [6, 6.07) is 12.1. The number of methoxy groups -OCH3 is 1. The fourth-order valence-corrected chi connectivity index (χ4v) is 4.76. The molecule has 0 radical (unpaired) electrons. The number of hydrogen-bond donors (Lipinski definition) is 1. The van der Waals surface area contributed by atoms with E-state index in [1.165, 1.54) is 12.1 Å². The van der Waals surface area contributed by atoms with Gasteiger partial charge in [-0.3, -0.25) is 9.97 Å². The number of fused-ring (bicyclic) bond motifs is 1. The summed E-state index contributed by atoms with van der Waals surface area (Å²) in [5, 5.41) is 0. The minimum absolute atomic E-state index is 0.143. The minimum atomic E-state index is -0.590. The lowest BCUT2D eigenvalue weighted by Gasteiger charge is -2.27. The van der Waals surface area contributed by atoms with E-state index in [2.05, 4.69) is 9.97 Å². The van der Waals surface area contributed by atoms with Crippen LogP contribution in [-0.2, 0) is 22.6 Å². The molecule has 0 saturated carbocycles. The highest BCUT2D eigenvalue weighted by Gasteiger charge is 2.22. The van der Waals surface area contributed by atoms with Crippen LogP contribution in [0.25, 0.3) is 20.8 Å². The molecule has 1 amide bonds. The van der Waals surface area contributed by atoms with Gasteiger partial charge in [-0.25, -0.2) is 9.18 Å². The maximum Gasteiger partial charge on any atom is 0.410 e. The van der Waals surface area contributed by atoms with Gasteiger partial charge in [0.2, 0.25) is 0 Å². The van der Waals surface area contributed by atoms with E-state index in [1.807, 2.05) is 45.0 Å². The molecule has 2 N–H and O–H groups in total. The molecule has 4 aromatic rings. The highest BCUT2D eigenvalue weighted by atomic mass is 32.1. The van der Waals surface area contributed by atoms with Gasteiger partial charge in [-0.2, -0.15) is 0 Å². The summed E-state index contributed by atoms with van der Waals surface area (Å²) >= 11 is 1.54. The Morgan fingerprint density at radius 1 is 1.13 bits per heavy atom. The van der Waals surface area contributed by atoms with Crippen LogP contribution in [0.5, 0.6) is 5.75 Å². The number of halogens is 1. The van der Waals surface area contributed by atoms with Gasteiger partial charge < -0.3 is 24.8 Å². The SMILES string of the molecule is COCCN(Cc1ccc(-c2cc3nccc(COc4ccc(N)cc4F)c3s2)nc1)C(=O)OC(C)(C)C. The van der Waals surface area contributed by atoms with Gasteiger partial charge in [0.25, 0.3) is 0 Å². The Morgan fingerprint density at radius 3 is 2.63 bits per heavy atom. The van der Waals surface area contributed by atoms with Crippen molar-refractivity contribution in [2.45, 2.75) is 39.5 Å². The molecule has 0 atom stereocenters. The first kappa shape index (κ1) is 27.3. The molecule has 0 unspecified atom stereocenters. The predicted octanol–water partition coefficient (Wildman–Crippen LogP) is 6.04. The van der Waals surface area contributed by atoms with Crippen molar-refractivity contribution in [3.8, 4) is 16.3 Å². The van der Waals surface area contributed by atoms with Crippen molar-refractivity contribution in [3.63, 3.8) is 0 Å². The number of amides is 1. The molecule has 38 heavy (non-hydrogen) atoms. The Bertz CT molecular complexity index is 1400. The average Bonchev–Trinajstić information content (AvgIpc) is 3.30. The third-order valence-electron chi connectivity index (χ3n) is 5.50. The monoisotopic (exact) mass is 538 g/mol. The van der Waals surface area contributed by atoms with Crippen molar-refractivity contribution in [1.82, 2.24) is 14.9 Å². The highest BCUT2D eigenvalue weighted by Crippen LogP contribution is 2.34. The normalized spacial score (nSPS) is 11.5. The molecule has 8 nitrogen and oxygen atoms in total. The fraction of sp³-hybridized carbons (Fsp3) is 0.321. The van der Waals surface area contributed by atoms with Crippen LogP contribution in [0.1, 0.15) is 31.9 Å². The van der Waals surface area contributed by atoms with Crippen molar-refractivity contribution < 1.29 is 23.4 Å². The van der Waals surface area contributed by atoms with Crippen LogP contribution < -0.4 is 10.5 Å². The van der Waals surface area contributed by atoms with Gasteiger partial charge in [-0.1, -0.05) is 6.07 Å². The Labute approximate surface area is 225 Å². The summed E-state index contributed by atoms with van der Waals surface area (Å²) < 4.78 is 31.5. The summed E-state index contributed by atoms with van der Waals surface area (Å²) in [7, 11) is 1.59. The molecule has 0 fully saturated rings. The molecular weight excluding hydrogens is 507 g/mol. The van der Waals surface area contributed by atoms with Crippen LogP contribution in [0.3, 0.4) is 0 Å². The van der Waals surface area contributed by atoms with Crippen molar-refractivity contribution in [2.24, 2.45) is 0 Å². The van der Waals surface area contributed by atoms with Crippen molar-refractivity contribution >= 4 is 33.3 Å². The number of hydrogen-bond acceptors (Lipinski definition) is 8. The molecule has 0 aliphatic heterocycles. The minimum Gasteiger partial charge on any atom is -0.486 e. The fourth-order valence-electron chi connectivity index (χ4n) is 3.67. The molecular formula is C28H31FN4O4S. The molecule has 0 bridgehead atoms. The highest BCUT2D eigenvalue weighted by molar-refractivity contribution is 7.22. The summed E-state index contributed by atoms with van der Waals surface area (Å²) in [4.78, 5) is 24.3. The van der Waals surface area contributed by atoms with E-state index in [9.17, 15) is 9.18 Å². The number of carbonyl (C=O) groups is 1. The first-order chi connectivity index (χ1) is 18.1. The van der Waals surface area contributed by atoms with E-state index in [1.54, 1.807) is 41.8 Å². The number of thiophene rings is 1. The molecule has 200 valence electrons. The van der Waals surface area contributed by atoms with Gasteiger partial charge in [-0.15, -0.1) is 11.3 Å². The van der Waals surface area contributed by atoms with E-state index in [4.69, 9.17) is 19.9 Å². The summed E-state index contributed by atoms with van der Waals surface area (Å²) in [5.41, 5.74) is 8.73. The van der Waals surface area contributed by atoms with E-state index in [-0.39, 0.29) is 12.4 Å². The van der Waals surface area contributed by atoms with Gasteiger partial charge in [0.15, 0.2) is 11.6 Å². The second-order valence-corrected chi connectivity index (χ2v) is 10.8. The van der Waals surface area contributed by atoms with Gasteiger partial charge in [0.05, 0.1) is 33.9 Å². The first-order valence-corrected chi connectivity index (χ1v) is 12.9. The van der Waals surface area contributed by atoms with E-state index in [0.29, 0.717) is 25.4 Å². The predicted molar refractivity (Wildman–Crippen MR) is 147 cm³/mol. The van der Waals surface area contributed by atoms with Crippen LogP contribution >= 0.6 is 11.3 Å². The number of anilines is 1. The molecule has 10 heteroatoms. The van der Waals surface area contributed by atoms with Gasteiger partial charge >= 0.3 is 6.09 Å². The number of nitrogens with zero attached hydrogens (tertiary/aromatic N) is 3.